The van der Waals surface area contributed by atoms with Gasteiger partial charge in [-0.1, -0.05) is 40.5 Å². The molecule has 5 heteroatoms. The van der Waals surface area contributed by atoms with Gasteiger partial charge in [-0.3, -0.25) is 9.59 Å². The summed E-state index contributed by atoms with van der Waals surface area (Å²) in [7, 11) is 0. The number of carbonyl (C=O) groups is 2. The van der Waals surface area contributed by atoms with Crippen LogP contribution in [0.2, 0.25) is 0 Å². The number of ketones is 1. The molecule has 0 aromatic heterocycles. The summed E-state index contributed by atoms with van der Waals surface area (Å²) in [5.41, 5.74) is -0.311. The highest BCUT2D eigenvalue weighted by Gasteiger charge is 2.65. The SMILES string of the molecule is CC(CCC[C@@H](C)[C@H]1CC[C@H]2[C@@H]3[C@@H](O)C[C@@H]4C[C@H](O)CC[C@]4(C)[C@H]3CC(=O)[C@]12C)C(=O)O. The third kappa shape index (κ3) is 3.76. The summed E-state index contributed by atoms with van der Waals surface area (Å²) < 4.78 is 0. The maximum absolute atomic E-state index is 13.8. The van der Waals surface area contributed by atoms with Gasteiger partial charge in [0.25, 0.3) is 0 Å². The largest absolute Gasteiger partial charge is 0.481 e. The molecule has 5 nitrogen and oxygen atoms in total. The van der Waals surface area contributed by atoms with Crippen LogP contribution in [0.25, 0.3) is 0 Å². The summed E-state index contributed by atoms with van der Waals surface area (Å²) in [4.78, 5) is 25.0. The van der Waals surface area contributed by atoms with Crippen LogP contribution in [-0.2, 0) is 9.59 Å². The quantitative estimate of drug-likeness (QED) is 0.548. The molecule has 4 aliphatic rings. The van der Waals surface area contributed by atoms with Gasteiger partial charge in [0.15, 0.2) is 0 Å². The van der Waals surface area contributed by atoms with Gasteiger partial charge in [0.2, 0.25) is 0 Å². The van der Waals surface area contributed by atoms with E-state index < -0.39 is 5.97 Å². The molecule has 4 fully saturated rings. The lowest BCUT2D eigenvalue weighted by molar-refractivity contribution is -0.181. The topological polar surface area (TPSA) is 94.8 Å². The van der Waals surface area contributed by atoms with Crippen molar-refractivity contribution in [2.75, 3.05) is 0 Å². The monoisotopic (exact) mass is 448 g/mol. The first-order chi connectivity index (χ1) is 15.0. The smallest absolute Gasteiger partial charge is 0.306 e. The maximum atomic E-state index is 13.8. The minimum absolute atomic E-state index is 0.0524. The summed E-state index contributed by atoms with van der Waals surface area (Å²) in [5, 5.41) is 30.7. The molecule has 32 heavy (non-hydrogen) atoms. The Morgan fingerprint density at radius 1 is 1.06 bits per heavy atom. The first kappa shape index (κ1) is 24.2. The van der Waals surface area contributed by atoms with E-state index in [9.17, 15) is 19.8 Å². The fourth-order valence-electron chi connectivity index (χ4n) is 8.93. The normalized spacial score (nSPS) is 47.8. The lowest BCUT2D eigenvalue weighted by atomic mass is 9.43. The summed E-state index contributed by atoms with van der Waals surface area (Å²) in [6, 6.07) is 0. The Kier molecular flexibility index (Phi) is 6.57. The van der Waals surface area contributed by atoms with Crippen LogP contribution >= 0.6 is 0 Å². The number of aliphatic carboxylic acids is 1. The van der Waals surface area contributed by atoms with E-state index >= 15 is 0 Å². The van der Waals surface area contributed by atoms with E-state index in [1.54, 1.807) is 6.92 Å². The van der Waals surface area contributed by atoms with Crippen LogP contribution in [0.15, 0.2) is 0 Å². The van der Waals surface area contributed by atoms with E-state index in [0.717, 1.165) is 51.4 Å². The predicted octanol–water partition coefficient (Wildman–Crippen LogP) is 4.68. The lowest BCUT2D eigenvalue weighted by Gasteiger charge is -2.61. The van der Waals surface area contributed by atoms with E-state index in [4.69, 9.17) is 5.11 Å². The van der Waals surface area contributed by atoms with Crippen LogP contribution in [0.4, 0.5) is 0 Å². The second kappa shape index (κ2) is 8.69. The van der Waals surface area contributed by atoms with Gasteiger partial charge < -0.3 is 15.3 Å². The first-order valence-corrected chi connectivity index (χ1v) is 13.1. The molecule has 4 saturated carbocycles. The number of hydrogen-bond donors (Lipinski definition) is 3. The van der Waals surface area contributed by atoms with Gasteiger partial charge in [-0.15, -0.1) is 0 Å². The minimum atomic E-state index is -0.729. The molecule has 0 aliphatic heterocycles. The molecule has 0 spiro atoms. The number of Topliss-reactive ketones (excluding diaryl/α,β-unsaturated/α-hetero) is 1. The van der Waals surface area contributed by atoms with Crippen molar-refractivity contribution in [1.82, 2.24) is 0 Å². The van der Waals surface area contributed by atoms with Crippen molar-refractivity contribution in [3.8, 4) is 0 Å². The third-order valence-corrected chi connectivity index (χ3v) is 11.0. The van der Waals surface area contributed by atoms with Gasteiger partial charge in [-0.25, -0.2) is 0 Å². The molecule has 0 amide bonds. The zero-order valence-electron chi connectivity index (χ0n) is 20.4. The Morgan fingerprint density at radius 2 is 1.78 bits per heavy atom. The number of carboxylic acids is 1. The van der Waals surface area contributed by atoms with Crippen molar-refractivity contribution < 1.29 is 24.9 Å². The molecule has 4 aliphatic carbocycles. The van der Waals surface area contributed by atoms with Crippen molar-refractivity contribution >= 4 is 11.8 Å². The Hall–Kier alpha value is -0.940. The van der Waals surface area contributed by atoms with Crippen molar-refractivity contribution in [3.63, 3.8) is 0 Å². The second-order valence-electron chi connectivity index (χ2n) is 12.5. The van der Waals surface area contributed by atoms with Crippen molar-refractivity contribution in [3.05, 3.63) is 0 Å². The van der Waals surface area contributed by atoms with E-state index in [2.05, 4.69) is 20.8 Å². The molecule has 182 valence electrons. The highest BCUT2D eigenvalue weighted by molar-refractivity contribution is 5.87. The highest BCUT2D eigenvalue weighted by atomic mass is 16.4. The average molecular weight is 449 g/mol. The third-order valence-electron chi connectivity index (χ3n) is 11.0. The predicted molar refractivity (Wildman–Crippen MR) is 123 cm³/mol. The molecule has 0 heterocycles. The minimum Gasteiger partial charge on any atom is -0.481 e. The van der Waals surface area contributed by atoms with E-state index in [1.807, 2.05) is 0 Å². The maximum Gasteiger partial charge on any atom is 0.306 e. The number of hydrogen-bond acceptors (Lipinski definition) is 4. The van der Waals surface area contributed by atoms with Gasteiger partial charge in [-0.05, 0) is 85.9 Å². The van der Waals surface area contributed by atoms with Crippen molar-refractivity contribution in [2.45, 2.75) is 104 Å². The fourth-order valence-corrected chi connectivity index (χ4v) is 8.93. The molecule has 11 atom stereocenters. The lowest BCUT2D eigenvalue weighted by Crippen LogP contribution is -2.61. The van der Waals surface area contributed by atoms with Crippen LogP contribution in [-0.4, -0.2) is 39.3 Å². The zero-order chi connectivity index (χ0) is 23.4. The average Bonchev–Trinajstić information content (AvgIpc) is 3.08. The molecule has 3 N–H and O–H groups in total. The summed E-state index contributed by atoms with van der Waals surface area (Å²) in [5.74, 6) is 1.06. The van der Waals surface area contributed by atoms with Gasteiger partial charge >= 0.3 is 5.97 Å². The van der Waals surface area contributed by atoms with Crippen LogP contribution in [0.3, 0.4) is 0 Å². The Labute approximate surface area is 193 Å². The van der Waals surface area contributed by atoms with Crippen LogP contribution < -0.4 is 0 Å². The Bertz CT molecular complexity index is 736. The van der Waals surface area contributed by atoms with Crippen LogP contribution in [0, 0.1) is 52.3 Å². The van der Waals surface area contributed by atoms with Gasteiger partial charge in [0.05, 0.1) is 18.1 Å². The van der Waals surface area contributed by atoms with E-state index in [-0.39, 0.29) is 46.7 Å². The number of carboxylic acid groups (broad SMARTS) is 1. The Balaban J connectivity index is 1.51. The molecule has 0 radical (unpaired) electrons. The van der Waals surface area contributed by atoms with Crippen LogP contribution in [0.1, 0.15) is 91.9 Å². The summed E-state index contributed by atoms with van der Waals surface area (Å²) in [6.07, 6.45) is 7.86. The number of carbonyl (C=O) groups excluding carboxylic acids is 1. The van der Waals surface area contributed by atoms with E-state index in [1.165, 1.54) is 0 Å². The number of rotatable bonds is 6. The molecule has 1 unspecified atom stereocenters. The number of aliphatic hydroxyl groups is 2. The van der Waals surface area contributed by atoms with E-state index in [0.29, 0.717) is 36.4 Å². The van der Waals surface area contributed by atoms with Crippen LogP contribution in [0.5, 0.6) is 0 Å². The molecule has 0 saturated heterocycles. The van der Waals surface area contributed by atoms with Gasteiger partial charge in [0, 0.05) is 11.8 Å². The number of fused-ring (bicyclic) bond motifs is 5. The highest BCUT2D eigenvalue weighted by Crippen LogP contribution is 2.67. The zero-order valence-corrected chi connectivity index (χ0v) is 20.4. The Morgan fingerprint density at radius 3 is 2.47 bits per heavy atom. The molecule has 0 bridgehead atoms. The van der Waals surface area contributed by atoms with Crippen molar-refractivity contribution in [1.29, 1.82) is 0 Å². The van der Waals surface area contributed by atoms with Crippen molar-refractivity contribution in [2.24, 2.45) is 52.3 Å². The standard InChI is InChI=1S/C27H44O5/c1-15(6-5-7-16(2)25(31)32)19-8-9-20-24-21(14-23(30)27(19,20)4)26(3)11-10-18(28)12-17(26)13-22(24)29/h15-22,24,28-29H,5-14H2,1-4H3,(H,31,32)/t15-,16?,17+,18-,19-,20+,21+,22+,24+,26+,27-/m1/s1. The molecular weight excluding hydrogens is 404 g/mol. The first-order valence-electron chi connectivity index (χ1n) is 13.1. The van der Waals surface area contributed by atoms with Gasteiger partial charge in [-0.2, -0.15) is 0 Å². The van der Waals surface area contributed by atoms with Gasteiger partial charge in [0.1, 0.15) is 5.78 Å². The second-order valence-corrected chi connectivity index (χ2v) is 12.5. The fraction of sp³-hybridized carbons (Fsp3) is 0.926. The molecule has 0 aromatic carbocycles. The molecular formula is C27H44O5. The molecule has 0 aromatic rings. The number of aliphatic hydroxyl groups excluding tert-OH is 2. The molecule has 4 rings (SSSR count). The summed E-state index contributed by atoms with van der Waals surface area (Å²) in [6.45, 7) is 8.55. The summed E-state index contributed by atoms with van der Waals surface area (Å²) >= 11 is 0.